The van der Waals surface area contributed by atoms with Gasteiger partial charge >= 0.3 is 6.09 Å². The number of carbonyl (C=O) groups is 4. The molecule has 2 aliphatic carbocycles. The van der Waals surface area contributed by atoms with Crippen molar-refractivity contribution in [1.82, 2.24) is 24.8 Å². The van der Waals surface area contributed by atoms with Crippen LogP contribution in [-0.4, -0.2) is 99.3 Å². The Morgan fingerprint density at radius 3 is 2.53 bits per heavy atom. The molecule has 3 fully saturated rings. The summed E-state index contributed by atoms with van der Waals surface area (Å²) in [6.45, 7) is 10.7. The molecule has 0 radical (unpaired) electrons. The molecule has 5 aliphatic rings. The monoisotopic (exact) mass is 839 g/mol. The van der Waals surface area contributed by atoms with Gasteiger partial charge in [-0.05, 0) is 89.8 Å². The van der Waals surface area contributed by atoms with Crippen LogP contribution < -0.4 is 19.5 Å². The molecule has 3 N–H and O–H groups in total. The largest absolute Gasteiger partial charge is 0.497 e. The quantitative estimate of drug-likeness (QED) is 0.251. The first-order valence-electron chi connectivity index (χ1n) is 21.1. The maximum absolute atomic E-state index is 17.3. The van der Waals surface area contributed by atoms with Crippen LogP contribution in [0.1, 0.15) is 136 Å². The Kier molecular flexibility index (Phi) is 11.2. The zero-order valence-electron chi connectivity index (χ0n) is 35.0. The number of benzene rings is 1. The van der Waals surface area contributed by atoms with Gasteiger partial charge in [-0.3, -0.25) is 24.0 Å². The van der Waals surface area contributed by atoms with E-state index in [0.29, 0.717) is 66.4 Å². The number of carboxylic acid groups (broad SMARTS) is 1. The van der Waals surface area contributed by atoms with Gasteiger partial charge in [-0.2, -0.15) is 0 Å². The maximum atomic E-state index is 17.3. The number of amides is 4. The van der Waals surface area contributed by atoms with E-state index in [2.05, 4.69) is 10.0 Å². The van der Waals surface area contributed by atoms with Crippen molar-refractivity contribution in [2.45, 2.75) is 164 Å². The van der Waals surface area contributed by atoms with Crippen LogP contribution >= 0.6 is 0 Å². The summed E-state index contributed by atoms with van der Waals surface area (Å²) in [5, 5.41) is 14.0. The molecule has 8 atom stereocenters. The number of nitrogens with zero attached hydrogens (tertiary/aromatic N) is 3. The van der Waals surface area contributed by atoms with E-state index in [0.717, 1.165) is 11.3 Å². The number of hydrogen-bond acceptors (Lipinski definition) is 9. The van der Waals surface area contributed by atoms with Crippen LogP contribution in [0.5, 0.6) is 11.5 Å². The van der Waals surface area contributed by atoms with E-state index >= 15 is 9.18 Å². The lowest BCUT2D eigenvalue weighted by atomic mass is 9.81. The van der Waals surface area contributed by atoms with Gasteiger partial charge in [0.1, 0.15) is 40.9 Å². The number of aromatic nitrogens is 1. The second-order valence-electron chi connectivity index (χ2n) is 17.9. The van der Waals surface area contributed by atoms with Crippen LogP contribution in [-0.2, 0) is 24.4 Å². The van der Waals surface area contributed by atoms with Crippen molar-refractivity contribution in [2.24, 2.45) is 5.92 Å². The minimum absolute atomic E-state index is 0.133. The van der Waals surface area contributed by atoms with Gasteiger partial charge in [-0.1, -0.05) is 45.8 Å². The zero-order chi connectivity index (χ0) is 42.8. The van der Waals surface area contributed by atoms with Crippen LogP contribution in [0.3, 0.4) is 0 Å². The molecule has 322 valence electrons. The summed E-state index contributed by atoms with van der Waals surface area (Å²) in [6, 6.07) is 1.22. The first-order chi connectivity index (χ1) is 27.8. The van der Waals surface area contributed by atoms with Crippen molar-refractivity contribution < 1.29 is 46.6 Å². The minimum atomic E-state index is -4.07. The van der Waals surface area contributed by atoms with Crippen LogP contribution in [0.15, 0.2) is 30.4 Å². The van der Waals surface area contributed by atoms with Gasteiger partial charge in [0.2, 0.25) is 21.8 Å². The number of carbonyl (C=O) groups excluding carboxylic acids is 3. The van der Waals surface area contributed by atoms with Gasteiger partial charge in [0.15, 0.2) is 0 Å². The van der Waals surface area contributed by atoms with Crippen LogP contribution in [0.25, 0.3) is 10.9 Å². The minimum Gasteiger partial charge on any atom is -0.497 e. The second kappa shape index (κ2) is 15.5. The second-order valence-corrected chi connectivity index (χ2v) is 20.1. The Morgan fingerprint density at radius 2 is 1.88 bits per heavy atom. The molecule has 4 heterocycles. The number of sulfonamides is 1. The summed E-state index contributed by atoms with van der Waals surface area (Å²) >= 11 is 0. The molecule has 59 heavy (non-hydrogen) atoms. The van der Waals surface area contributed by atoms with E-state index in [1.165, 1.54) is 12.0 Å². The Labute approximate surface area is 345 Å². The van der Waals surface area contributed by atoms with Crippen molar-refractivity contribution in [1.29, 1.82) is 0 Å². The SMILES string of the molecule is CCC(C)N(C(=O)O)[C@H]1CCCCC/C=C\[C@@H]2C[C@@]2(C(=O)NS(=O)(=O)C2(C)CC2)NC(=O)[C@@H]2C[C@]3(C[C@@H](F)c4c(c(C(C)C)nc5ccc(OC)cc45)O3)C(C)N2C1=O. The van der Waals surface area contributed by atoms with Gasteiger partial charge in [-0.15, -0.1) is 0 Å². The summed E-state index contributed by atoms with van der Waals surface area (Å²) in [7, 11) is -2.55. The molecule has 1 saturated heterocycles. The number of allylic oxidation sites excluding steroid dienone is 1. The van der Waals surface area contributed by atoms with E-state index in [9.17, 15) is 27.9 Å². The van der Waals surface area contributed by atoms with Gasteiger partial charge in [0.05, 0.1) is 29.1 Å². The molecule has 4 amide bonds. The molecule has 2 aromatic rings. The predicted molar refractivity (Wildman–Crippen MR) is 218 cm³/mol. The Bertz CT molecular complexity index is 2180. The lowest BCUT2D eigenvalue weighted by Crippen LogP contribution is -2.61. The maximum Gasteiger partial charge on any atom is 0.408 e. The zero-order valence-corrected chi connectivity index (χ0v) is 35.9. The van der Waals surface area contributed by atoms with Crippen molar-refractivity contribution in [3.8, 4) is 11.5 Å². The lowest BCUT2D eigenvalue weighted by Gasteiger charge is -2.43. The van der Waals surface area contributed by atoms with Gasteiger partial charge in [0, 0.05) is 35.8 Å². The van der Waals surface area contributed by atoms with E-state index in [1.807, 2.05) is 32.9 Å². The summed E-state index contributed by atoms with van der Waals surface area (Å²) < 4.78 is 57.5. The lowest BCUT2D eigenvalue weighted by molar-refractivity contribution is -0.146. The molecular weight excluding hydrogens is 782 g/mol. The van der Waals surface area contributed by atoms with E-state index < -0.39 is 86.0 Å². The summed E-state index contributed by atoms with van der Waals surface area (Å²) in [5.41, 5.74) is -1.74. The van der Waals surface area contributed by atoms with Crippen LogP contribution in [0, 0.1) is 5.92 Å². The number of halogens is 1. The number of alkyl halides is 1. The molecule has 1 aromatic carbocycles. The Morgan fingerprint density at radius 1 is 1.15 bits per heavy atom. The molecule has 14 nitrogen and oxygen atoms in total. The molecule has 1 spiro atoms. The van der Waals surface area contributed by atoms with Gasteiger partial charge in [-0.25, -0.2) is 22.6 Å². The number of methoxy groups -OCH3 is 1. The molecule has 2 unspecified atom stereocenters. The van der Waals surface area contributed by atoms with Gasteiger partial charge in [0.25, 0.3) is 5.91 Å². The number of rotatable bonds is 8. The highest BCUT2D eigenvalue weighted by molar-refractivity contribution is 7.91. The number of hydrogen-bond donors (Lipinski definition) is 3. The number of ether oxygens (including phenoxy) is 2. The smallest absolute Gasteiger partial charge is 0.408 e. The van der Waals surface area contributed by atoms with Crippen molar-refractivity contribution in [2.75, 3.05) is 7.11 Å². The molecule has 16 heteroatoms. The van der Waals surface area contributed by atoms with Crippen LogP contribution in [0.2, 0.25) is 0 Å². The fourth-order valence-electron chi connectivity index (χ4n) is 9.40. The molecule has 2 saturated carbocycles. The molecule has 3 aliphatic heterocycles. The van der Waals surface area contributed by atoms with E-state index in [4.69, 9.17) is 14.5 Å². The standard InChI is InChI=1S/C43H58FN5O9S/c1-8-25(4)48(40(53)54)32-15-13-11-9-10-12-14-27-21-43(27,39(52)47-59(55,56)41(6)18-19-41)46-37(50)33-23-42(26(5)49(33)38(32)51)22-30(44)34-29-20-28(57-7)16-17-31(29)45-35(24(2)3)36(34)58-42/h12,14,16-17,20,24-27,30,32-33H,8-11,13,15,18-19,21-23H2,1-7H3,(H,46,50)(H,47,52)(H,53,54)/b14-12-/t25?,26?,27-,30-,32+,33+,42-,43-/m1/s1. The summed E-state index contributed by atoms with van der Waals surface area (Å²) in [6.07, 6.45) is 4.56. The van der Waals surface area contributed by atoms with E-state index in [1.54, 1.807) is 39.0 Å². The van der Waals surface area contributed by atoms with Crippen molar-refractivity contribution in [3.63, 3.8) is 0 Å². The third-order valence-electron chi connectivity index (χ3n) is 13.7. The topological polar surface area (TPSA) is 185 Å². The highest BCUT2D eigenvalue weighted by atomic mass is 32.2. The highest BCUT2D eigenvalue weighted by Gasteiger charge is 2.65. The van der Waals surface area contributed by atoms with Gasteiger partial charge < -0.3 is 24.8 Å². The molecular formula is C43H58FN5O9S. The Hall–Kier alpha value is -4.47. The number of fused-ring (bicyclic) bond motifs is 5. The summed E-state index contributed by atoms with van der Waals surface area (Å²) in [5.74, 6) is -2.20. The fraction of sp³-hybridized carbons (Fsp3) is 0.651. The molecule has 1 aromatic heterocycles. The third-order valence-corrected chi connectivity index (χ3v) is 15.9. The van der Waals surface area contributed by atoms with Crippen LogP contribution in [0.4, 0.5) is 9.18 Å². The Balaban J connectivity index is 1.34. The number of nitrogens with one attached hydrogen (secondary N) is 2. The normalized spacial score (nSPS) is 31.4. The van der Waals surface area contributed by atoms with Crippen molar-refractivity contribution >= 4 is 44.7 Å². The molecule has 7 rings (SSSR count). The number of pyridine rings is 1. The predicted octanol–water partition coefficient (Wildman–Crippen LogP) is 6.43. The highest BCUT2D eigenvalue weighted by Crippen LogP contribution is 2.54. The average Bonchev–Trinajstić information content (AvgIpc) is 4.09. The molecule has 0 bridgehead atoms. The average molecular weight is 840 g/mol. The first kappa shape index (κ1) is 42.6. The van der Waals surface area contributed by atoms with E-state index in [-0.39, 0.29) is 37.4 Å². The first-order valence-corrected chi connectivity index (χ1v) is 22.6. The van der Waals surface area contributed by atoms with Crippen molar-refractivity contribution in [3.05, 3.63) is 41.6 Å². The fourth-order valence-corrected chi connectivity index (χ4v) is 10.7. The third kappa shape index (κ3) is 7.41. The summed E-state index contributed by atoms with van der Waals surface area (Å²) in [4.78, 5) is 64.7.